The third-order valence-electron chi connectivity index (χ3n) is 5.47. The summed E-state index contributed by atoms with van der Waals surface area (Å²) in [6.07, 6.45) is 2.52. The second kappa shape index (κ2) is 8.91. The van der Waals surface area contributed by atoms with E-state index in [9.17, 15) is 4.79 Å². The summed E-state index contributed by atoms with van der Waals surface area (Å²) in [5.74, 6) is 0.701. The number of rotatable bonds is 5. The number of halogens is 1. The first kappa shape index (κ1) is 21.1. The molecule has 3 nitrogen and oxygen atoms in total. The Morgan fingerprint density at radius 2 is 1.52 bits per heavy atom. The van der Waals surface area contributed by atoms with Crippen molar-refractivity contribution in [1.29, 1.82) is 0 Å². The van der Waals surface area contributed by atoms with Gasteiger partial charge in [-0.3, -0.25) is 4.79 Å². The summed E-state index contributed by atoms with van der Waals surface area (Å²) < 4.78 is 2.09. The van der Waals surface area contributed by atoms with Gasteiger partial charge >= 0.3 is 0 Å². The zero-order chi connectivity index (χ0) is 22.0. The Hall–Kier alpha value is -3.17. The van der Waals surface area contributed by atoms with Crippen LogP contribution in [0.5, 0.6) is 0 Å². The van der Waals surface area contributed by atoms with Crippen molar-refractivity contribution in [2.45, 2.75) is 33.7 Å². The molecule has 156 valence electrons. The maximum absolute atomic E-state index is 13.0. The highest BCUT2D eigenvalue weighted by atomic mass is 35.5. The van der Waals surface area contributed by atoms with Crippen molar-refractivity contribution in [2.75, 3.05) is 0 Å². The van der Waals surface area contributed by atoms with E-state index in [-0.39, 0.29) is 5.56 Å². The van der Waals surface area contributed by atoms with Crippen molar-refractivity contribution < 1.29 is 0 Å². The van der Waals surface area contributed by atoms with E-state index < -0.39 is 0 Å². The topological polar surface area (TPSA) is 34.9 Å². The molecule has 0 bridgehead atoms. The molecule has 0 spiro atoms. The second-order valence-electron chi connectivity index (χ2n) is 8.09. The van der Waals surface area contributed by atoms with Gasteiger partial charge in [0.25, 0.3) is 5.56 Å². The van der Waals surface area contributed by atoms with E-state index in [0.29, 0.717) is 29.4 Å². The molecule has 0 aliphatic rings. The lowest BCUT2D eigenvalue weighted by Gasteiger charge is -2.18. The highest BCUT2D eigenvalue weighted by molar-refractivity contribution is 6.30. The van der Waals surface area contributed by atoms with Crippen molar-refractivity contribution in [3.8, 4) is 11.4 Å². The minimum atomic E-state index is -0.175. The summed E-state index contributed by atoms with van der Waals surface area (Å²) in [6.45, 7) is 6.84. The fourth-order valence-corrected chi connectivity index (χ4v) is 4.24. The molecule has 3 aromatic carbocycles. The Bertz CT molecular complexity index is 1250. The molecule has 1 heterocycles. The molecule has 0 radical (unpaired) electrons. The SMILES string of the molecule is Cc1cc(C)c(-c2nc(=O)c(Cc3ccccc3)cn2Cc2ccc(Cl)cc2)c(C)c1. The molecule has 0 unspecified atom stereocenters. The summed E-state index contributed by atoms with van der Waals surface area (Å²) in [7, 11) is 0. The second-order valence-corrected chi connectivity index (χ2v) is 8.52. The minimum Gasteiger partial charge on any atom is -0.327 e. The molecular formula is C27H25ClN2O. The van der Waals surface area contributed by atoms with Crippen LogP contribution in [0.4, 0.5) is 0 Å². The number of aryl methyl sites for hydroxylation is 3. The Morgan fingerprint density at radius 3 is 2.16 bits per heavy atom. The van der Waals surface area contributed by atoms with E-state index in [1.165, 1.54) is 5.56 Å². The first-order chi connectivity index (χ1) is 14.9. The molecular weight excluding hydrogens is 404 g/mol. The summed E-state index contributed by atoms with van der Waals surface area (Å²) >= 11 is 6.07. The molecule has 0 atom stereocenters. The standard InChI is InChI=1S/C27H25ClN2O/c1-18-13-19(2)25(20(3)14-18)26-29-27(31)23(15-21-7-5-4-6-8-21)17-30(26)16-22-9-11-24(28)12-10-22/h4-14,17H,15-16H2,1-3H3. The summed E-state index contributed by atoms with van der Waals surface area (Å²) in [4.78, 5) is 17.6. The zero-order valence-electron chi connectivity index (χ0n) is 18.0. The summed E-state index contributed by atoms with van der Waals surface area (Å²) in [5, 5.41) is 0.706. The van der Waals surface area contributed by atoms with Gasteiger partial charge in [-0.25, -0.2) is 0 Å². The van der Waals surface area contributed by atoms with E-state index >= 15 is 0 Å². The molecule has 0 saturated carbocycles. The average Bonchev–Trinajstić information content (AvgIpc) is 2.73. The minimum absolute atomic E-state index is 0.175. The first-order valence-corrected chi connectivity index (χ1v) is 10.8. The van der Waals surface area contributed by atoms with Crippen molar-refractivity contribution in [2.24, 2.45) is 0 Å². The van der Waals surface area contributed by atoms with Crippen LogP contribution in [0, 0.1) is 20.8 Å². The predicted molar refractivity (Wildman–Crippen MR) is 128 cm³/mol. The van der Waals surface area contributed by atoms with Gasteiger partial charge in [0.05, 0.1) is 0 Å². The Kier molecular flexibility index (Phi) is 6.06. The van der Waals surface area contributed by atoms with Crippen LogP contribution in [0.2, 0.25) is 5.02 Å². The molecule has 4 heteroatoms. The average molecular weight is 429 g/mol. The Morgan fingerprint density at radius 1 is 0.871 bits per heavy atom. The smallest absolute Gasteiger partial charge is 0.276 e. The van der Waals surface area contributed by atoms with E-state index in [0.717, 1.165) is 27.8 Å². The highest BCUT2D eigenvalue weighted by Crippen LogP contribution is 2.27. The van der Waals surface area contributed by atoms with Gasteiger partial charge in [0.2, 0.25) is 0 Å². The van der Waals surface area contributed by atoms with Crippen LogP contribution in [0.25, 0.3) is 11.4 Å². The van der Waals surface area contributed by atoms with E-state index in [1.54, 1.807) is 0 Å². The number of hydrogen-bond donors (Lipinski definition) is 0. The van der Waals surface area contributed by atoms with Gasteiger partial charge in [-0.15, -0.1) is 0 Å². The van der Waals surface area contributed by atoms with Crippen LogP contribution in [-0.2, 0) is 13.0 Å². The third-order valence-corrected chi connectivity index (χ3v) is 5.72. The Labute approximate surface area is 188 Å². The number of aromatic nitrogens is 2. The van der Waals surface area contributed by atoms with Crippen molar-refractivity contribution in [3.05, 3.63) is 122 Å². The van der Waals surface area contributed by atoms with Crippen LogP contribution in [0.1, 0.15) is 33.4 Å². The number of hydrogen-bond acceptors (Lipinski definition) is 2. The van der Waals surface area contributed by atoms with Crippen molar-refractivity contribution in [1.82, 2.24) is 9.55 Å². The van der Waals surface area contributed by atoms with E-state index in [1.807, 2.05) is 60.8 Å². The number of nitrogens with zero attached hydrogens (tertiary/aromatic N) is 2. The molecule has 0 saturated heterocycles. The van der Waals surface area contributed by atoms with E-state index in [2.05, 4.69) is 42.5 Å². The van der Waals surface area contributed by atoms with Gasteiger partial charge in [0.15, 0.2) is 0 Å². The lowest BCUT2D eigenvalue weighted by Crippen LogP contribution is -2.21. The summed E-state index contributed by atoms with van der Waals surface area (Å²) in [5.41, 5.74) is 7.15. The van der Waals surface area contributed by atoms with Gasteiger partial charge in [0.1, 0.15) is 5.82 Å². The van der Waals surface area contributed by atoms with Crippen LogP contribution < -0.4 is 5.56 Å². The predicted octanol–water partition coefficient (Wildman–Crippen LogP) is 6.13. The molecule has 0 aliphatic carbocycles. The Balaban J connectivity index is 1.86. The lowest BCUT2D eigenvalue weighted by molar-refractivity contribution is 0.758. The maximum Gasteiger partial charge on any atom is 0.276 e. The van der Waals surface area contributed by atoms with Crippen molar-refractivity contribution >= 4 is 11.6 Å². The highest BCUT2D eigenvalue weighted by Gasteiger charge is 2.16. The quantitative estimate of drug-likeness (QED) is 0.383. The third kappa shape index (κ3) is 4.78. The fraction of sp³-hybridized carbons (Fsp3) is 0.185. The molecule has 0 aliphatic heterocycles. The molecule has 0 fully saturated rings. The number of benzene rings is 3. The molecule has 1 aromatic heterocycles. The normalized spacial score (nSPS) is 11.0. The monoisotopic (exact) mass is 428 g/mol. The van der Waals surface area contributed by atoms with Crippen molar-refractivity contribution in [3.63, 3.8) is 0 Å². The fourth-order valence-electron chi connectivity index (χ4n) is 4.11. The molecule has 4 aromatic rings. The zero-order valence-corrected chi connectivity index (χ0v) is 18.8. The summed E-state index contributed by atoms with van der Waals surface area (Å²) in [6, 6.07) is 22.1. The van der Waals surface area contributed by atoms with Crippen LogP contribution in [-0.4, -0.2) is 9.55 Å². The maximum atomic E-state index is 13.0. The van der Waals surface area contributed by atoms with Gasteiger partial charge in [-0.1, -0.05) is 71.8 Å². The first-order valence-electron chi connectivity index (χ1n) is 10.4. The van der Waals surface area contributed by atoms with Gasteiger partial charge in [-0.05, 0) is 55.2 Å². The molecule has 0 amide bonds. The van der Waals surface area contributed by atoms with Gasteiger partial charge in [-0.2, -0.15) is 4.98 Å². The lowest BCUT2D eigenvalue weighted by atomic mass is 9.98. The van der Waals surface area contributed by atoms with Crippen LogP contribution in [0.15, 0.2) is 77.7 Å². The van der Waals surface area contributed by atoms with Gasteiger partial charge in [0, 0.05) is 35.3 Å². The van der Waals surface area contributed by atoms with Crippen LogP contribution >= 0.6 is 11.6 Å². The van der Waals surface area contributed by atoms with E-state index in [4.69, 9.17) is 11.6 Å². The molecule has 4 rings (SSSR count). The largest absolute Gasteiger partial charge is 0.327 e. The molecule has 0 N–H and O–H groups in total. The van der Waals surface area contributed by atoms with Crippen LogP contribution in [0.3, 0.4) is 0 Å². The molecule has 31 heavy (non-hydrogen) atoms. The van der Waals surface area contributed by atoms with Gasteiger partial charge < -0.3 is 4.57 Å².